The third-order valence-corrected chi connectivity index (χ3v) is 3.65. The van der Waals surface area contributed by atoms with E-state index in [1.165, 1.54) is 15.9 Å². The smallest absolute Gasteiger partial charge is 0.107 e. The summed E-state index contributed by atoms with van der Waals surface area (Å²) in [6.07, 6.45) is 1.12. The van der Waals surface area contributed by atoms with Gasteiger partial charge in [0.1, 0.15) is 4.60 Å². The van der Waals surface area contributed by atoms with Crippen LogP contribution in [0.3, 0.4) is 0 Å². The molecule has 0 aromatic carbocycles. The minimum atomic E-state index is 0.639. The summed E-state index contributed by atoms with van der Waals surface area (Å²) in [6.45, 7) is 7.56. The summed E-state index contributed by atoms with van der Waals surface area (Å²) < 4.78 is 3.30. The van der Waals surface area contributed by atoms with E-state index in [0.717, 1.165) is 26.1 Å². The molecule has 0 fully saturated rings. The number of rotatable bonds is 2. The van der Waals surface area contributed by atoms with Crippen molar-refractivity contribution in [1.29, 1.82) is 0 Å². The van der Waals surface area contributed by atoms with Crippen LogP contribution in [-0.2, 0) is 19.5 Å². The second kappa shape index (κ2) is 4.26. The van der Waals surface area contributed by atoms with Crippen molar-refractivity contribution in [3.63, 3.8) is 0 Å². The molecule has 2 rings (SSSR count). The van der Waals surface area contributed by atoms with E-state index in [4.69, 9.17) is 0 Å². The lowest BCUT2D eigenvalue weighted by molar-refractivity contribution is 0.307. The van der Waals surface area contributed by atoms with Gasteiger partial charge in [-0.3, -0.25) is 4.68 Å². The predicted molar refractivity (Wildman–Crippen MR) is 64.8 cm³/mol. The van der Waals surface area contributed by atoms with Gasteiger partial charge < -0.3 is 4.90 Å². The first-order chi connectivity index (χ1) is 7.08. The summed E-state index contributed by atoms with van der Waals surface area (Å²) in [7, 11) is 2.15. The summed E-state index contributed by atoms with van der Waals surface area (Å²) in [6, 6.07) is 0. The normalized spacial score (nSPS) is 17.1. The Morgan fingerprint density at radius 2 is 2.20 bits per heavy atom. The average molecular weight is 272 g/mol. The third-order valence-electron chi connectivity index (χ3n) is 2.77. The monoisotopic (exact) mass is 271 g/mol. The molecule has 0 unspecified atom stereocenters. The van der Waals surface area contributed by atoms with Crippen LogP contribution in [0.4, 0.5) is 0 Å². The van der Waals surface area contributed by atoms with Crippen molar-refractivity contribution in [2.75, 3.05) is 13.6 Å². The van der Waals surface area contributed by atoms with Gasteiger partial charge in [0.05, 0.1) is 5.69 Å². The third kappa shape index (κ3) is 2.26. The lowest BCUT2D eigenvalue weighted by Crippen LogP contribution is -2.26. The fourth-order valence-corrected chi connectivity index (χ4v) is 2.65. The molecule has 0 radical (unpaired) electrons. The van der Waals surface area contributed by atoms with Crippen LogP contribution >= 0.6 is 15.9 Å². The second-order valence-corrected chi connectivity index (χ2v) is 5.53. The van der Waals surface area contributed by atoms with Crippen molar-refractivity contribution in [3.05, 3.63) is 15.9 Å². The first kappa shape index (κ1) is 11.1. The Bertz CT molecular complexity index is 357. The van der Waals surface area contributed by atoms with Crippen molar-refractivity contribution in [3.8, 4) is 0 Å². The van der Waals surface area contributed by atoms with Crippen LogP contribution in [0, 0.1) is 5.92 Å². The Kier molecular flexibility index (Phi) is 3.16. The number of aromatic nitrogens is 2. The van der Waals surface area contributed by atoms with E-state index in [-0.39, 0.29) is 0 Å². The van der Waals surface area contributed by atoms with Gasteiger partial charge in [0.2, 0.25) is 0 Å². The fraction of sp³-hybridized carbons (Fsp3) is 0.727. The van der Waals surface area contributed by atoms with Gasteiger partial charge in [-0.2, -0.15) is 5.10 Å². The lowest BCUT2D eigenvalue weighted by atomic mass is 10.1. The first-order valence-corrected chi connectivity index (χ1v) is 6.30. The summed E-state index contributed by atoms with van der Waals surface area (Å²) in [5.74, 6) is 0.639. The molecule has 2 heterocycles. The number of hydrogen-bond donors (Lipinski definition) is 0. The zero-order valence-electron chi connectivity index (χ0n) is 9.63. The topological polar surface area (TPSA) is 21.1 Å². The lowest BCUT2D eigenvalue weighted by Gasteiger charge is -2.20. The van der Waals surface area contributed by atoms with Gasteiger partial charge in [0.25, 0.3) is 0 Å². The van der Waals surface area contributed by atoms with Gasteiger partial charge in [-0.05, 0) is 35.3 Å². The van der Waals surface area contributed by atoms with E-state index >= 15 is 0 Å². The zero-order valence-corrected chi connectivity index (χ0v) is 11.2. The molecule has 1 aliphatic heterocycles. The van der Waals surface area contributed by atoms with Gasteiger partial charge in [-0.1, -0.05) is 13.8 Å². The van der Waals surface area contributed by atoms with Crippen molar-refractivity contribution >= 4 is 15.9 Å². The molecule has 1 aromatic heterocycles. The van der Waals surface area contributed by atoms with E-state index in [0.29, 0.717) is 5.92 Å². The molecule has 84 valence electrons. The number of nitrogens with zero attached hydrogens (tertiary/aromatic N) is 3. The summed E-state index contributed by atoms with van der Waals surface area (Å²) in [5.41, 5.74) is 2.66. The van der Waals surface area contributed by atoms with E-state index in [1.54, 1.807) is 0 Å². The Balaban J connectivity index is 2.28. The SMILES string of the molecule is CC(C)Cn1nc2c(c1Br)CCN(C)C2. The molecular weight excluding hydrogens is 254 g/mol. The predicted octanol–water partition coefficient (Wildman–Crippen LogP) is 2.29. The molecular formula is C11H18BrN3. The van der Waals surface area contributed by atoms with Crippen molar-refractivity contribution in [2.24, 2.45) is 5.92 Å². The Hall–Kier alpha value is -0.350. The summed E-state index contributed by atoms with van der Waals surface area (Å²) >= 11 is 3.67. The Morgan fingerprint density at radius 3 is 2.87 bits per heavy atom. The van der Waals surface area contributed by atoms with Crippen LogP contribution in [0.5, 0.6) is 0 Å². The maximum atomic E-state index is 4.67. The highest BCUT2D eigenvalue weighted by Crippen LogP contribution is 2.26. The highest BCUT2D eigenvalue weighted by atomic mass is 79.9. The van der Waals surface area contributed by atoms with Crippen LogP contribution in [0.2, 0.25) is 0 Å². The molecule has 4 heteroatoms. The molecule has 0 bridgehead atoms. The van der Waals surface area contributed by atoms with Crippen LogP contribution in [0.1, 0.15) is 25.1 Å². The second-order valence-electron chi connectivity index (χ2n) is 4.78. The molecule has 15 heavy (non-hydrogen) atoms. The van der Waals surface area contributed by atoms with E-state index in [9.17, 15) is 0 Å². The Morgan fingerprint density at radius 1 is 1.47 bits per heavy atom. The van der Waals surface area contributed by atoms with E-state index < -0.39 is 0 Å². The highest BCUT2D eigenvalue weighted by molar-refractivity contribution is 9.10. The number of fused-ring (bicyclic) bond motifs is 1. The number of halogens is 1. The minimum Gasteiger partial charge on any atom is -0.300 e. The maximum Gasteiger partial charge on any atom is 0.107 e. The van der Waals surface area contributed by atoms with Crippen LogP contribution in [0.25, 0.3) is 0 Å². The van der Waals surface area contributed by atoms with Gasteiger partial charge in [0, 0.05) is 25.2 Å². The van der Waals surface area contributed by atoms with E-state index in [2.05, 4.69) is 51.5 Å². The molecule has 0 amide bonds. The quantitative estimate of drug-likeness (QED) is 0.823. The minimum absolute atomic E-state index is 0.639. The van der Waals surface area contributed by atoms with Crippen LogP contribution < -0.4 is 0 Å². The largest absolute Gasteiger partial charge is 0.300 e. The summed E-state index contributed by atoms with van der Waals surface area (Å²) in [4.78, 5) is 2.32. The highest BCUT2D eigenvalue weighted by Gasteiger charge is 2.21. The van der Waals surface area contributed by atoms with Crippen LogP contribution in [0.15, 0.2) is 4.60 Å². The summed E-state index contributed by atoms with van der Waals surface area (Å²) in [5, 5.41) is 4.67. The molecule has 0 spiro atoms. The standard InChI is InChI=1S/C11H18BrN3/c1-8(2)6-15-11(12)9-4-5-14(3)7-10(9)13-15/h8H,4-7H2,1-3H3. The van der Waals surface area contributed by atoms with E-state index in [1.807, 2.05) is 0 Å². The molecule has 1 aliphatic rings. The molecule has 3 nitrogen and oxygen atoms in total. The van der Waals surface area contributed by atoms with Crippen LogP contribution in [-0.4, -0.2) is 28.3 Å². The fourth-order valence-electron chi connectivity index (χ4n) is 2.00. The van der Waals surface area contributed by atoms with Crippen molar-refractivity contribution in [1.82, 2.24) is 14.7 Å². The van der Waals surface area contributed by atoms with Gasteiger partial charge >= 0.3 is 0 Å². The van der Waals surface area contributed by atoms with Gasteiger partial charge in [-0.15, -0.1) is 0 Å². The molecule has 0 atom stereocenters. The molecule has 0 aliphatic carbocycles. The molecule has 0 N–H and O–H groups in total. The van der Waals surface area contributed by atoms with Crippen molar-refractivity contribution in [2.45, 2.75) is 33.4 Å². The zero-order chi connectivity index (χ0) is 11.0. The first-order valence-electron chi connectivity index (χ1n) is 5.50. The van der Waals surface area contributed by atoms with Crippen molar-refractivity contribution < 1.29 is 0 Å². The molecule has 1 aromatic rings. The molecule has 0 saturated heterocycles. The molecule has 0 saturated carbocycles. The number of likely N-dealkylation sites (N-methyl/N-ethyl adjacent to an activating group) is 1. The van der Waals surface area contributed by atoms with Gasteiger partial charge in [0.15, 0.2) is 0 Å². The van der Waals surface area contributed by atoms with Gasteiger partial charge in [-0.25, -0.2) is 0 Å². The maximum absolute atomic E-state index is 4.67. The number of hydrogen-bond acceptors (Lipinski definition) is 2. The Labute approximate surface area is 99.6 Å². The average Bonchev–Trinajstić information content (AvgIpc) is 2.42.